The number of ether oxygens (including phenoxy) is 9. The summed E-state index contributed by atoms with van der Waals surface area (Å²) in [5.41, 5.74) is 25.5. The molecule has 0 saturated heterocycles. The highest BCUT2D eigenvalue weighted by Crippen LogP contribution is 2.40. The van der Waals surface area contributed by atoms with Gasteiger partial charge >= 0.3 is 35.8 Å². The van der Waals surface area contributed by atoms with Crippen molar-refractivity contribution >= 4 is 135 Å². The van der Waals surface area contributed by atoms with Gasteiger partial charge in [0.05, 0.1) is 99.4 Å². The van der Waals surface area contributed by atoms with E-state index in [0.29, 0.717) is 123 Å². The van der Waals surface area contributed by atoms with Crippen molar-refractivity contribution in [3.8, 4) is 56.8 Å². The van der Waals surface area contributed by atoms with E-state index in [9.17, 15) is 28.8 Å². The number of para-hydroxylation sites is 3. The number of carbonyl (C=O) groups excluding carboxylic acids is 6. The predicted octanol–water partition coefficient (Wildman–Crippen LogP) is 28.0. The smallest absolute Gasteiger partial charge is 0.343 e. The van der Waals surface area contributed by atoms with Crippen LogP contribution in [0.1, 0.15) is 220 Å². The summed E-state index contributed by atoms with van der Waals surface area (Å²) in [7, 11) is 0. The van der Waals surface area contributed by atoms with E-state index in [1.54, 1.807) is 103 Å². The van der Waals surface area contributed by atoms with Crippen molar-refractivity contribution in [1.82, 2.24) is 15.0 Å². The van der Waals surface area contributed by atoms with Crippen LogP contribution in [0.5, 0.6) is 34.5 Å². The molecule has 0 atom stereocenters. The maximum atomic E-state index is 13.2. The molecule has 0 radical (unpaired) electrons. The van der Waals surface area contributed by atoms with E-state index in [-0.39, 0.29) is 5.97 Å². The Morgan fingerprint density at radius 2 is 0.785 bits per heavy atom. The summed E-state index contributed by atoms with van der Waals surface area (Å²) in [4.78, 5) is 85.5. The fraction of sp³-hybridized carbons (Fsp3) is 0.282. The van der Waals surface area contributed by atoms with Crippen LogP contribution in [0.2, 0.25) is 0 Å². The number of esters is 6. The maximum absolute atomic E-state index is 13.2. The van der Waals surface area contributed by atoms with Gasteiger partial charge in [0.25, 0.3) is 0 Å². The van der Waals surface area contributed by atoms with Gasteiger partial charge in [-0.3, -0.25) is 10.9 Å². The number of hydrogen-bond donors (Lipinski definition) is 4. The molecule has 27 heteroatoms. The average molecular weight is 1990 g/mol. The van der Waals surface area contributed by atoms with Gasteiger partial charge in [-0.15, -0.1) is 0 Å². The second-order valence-electron chi connectivity index (χ2n) is 34.2. The number of nitrogens with zero attached hydrogens (tertiary/aromatic N) is 5. The molecular formula is C117H125N9O15S3. The first-order chi connectivity index (χ1) is 70.4. The van der Waals surface area contributed by atoms with E-state index in [2.05, 4.69) is 137 Å². The van der Waals surface area contributed by atoms with Crippen LogP contribution in [-0.4, -0.2) is 109 Å². The first kappa shape index (κ1) is 108. The van der Waals surface area contributed by atoms with Gasteiger partial charge in [-0.25, -0.2) is 43.7 Å². The van der Waals surface area contributed by atoms with E-state index in [1.165, 1.54) is 108 Å². The van der Waals surface area contributed by atoms with Crippen LogP contribution in [0, 0.1) is 11.3 Å². The topological polar surface area (TPSA) is 323 Å². The lowest BCUT2D eigenvalue weighted by Gasteiger charge is -2.29. The van der Waals surface area contributed by atoms with Crippen LogP contribution in [0.4, 0.5) is 15.4 Å². The minimum absolute atomic E-state index is 0.387. The molecule has 746 valence electrons. The van der Waals surface area contributed by atoms with Crippen LogP contribution < -0.4 is 45.0 Å². The number of nitrogen functional groups attached to an aromatic ring is 1. The standard InChI is InChI=1S/C39H45N3O5S.C39H39N3O5S.C32H35NO5.C7H6N2S/c2*1-3-11-28-14-16-29(17-15-28)31-20-23-35(32(26-31)27-40-42-39-41-34-12-7-8-13-36(34)48-39)47-38(44)30-18-21-33(22-19-30)45-24-9-5-6-10-25-46-37(43)4-2;1-3-9-24-10-12-25(13-11-24)30-19-18-29(22-27(30)23-33)38-32(35)26-14-16-28(17-15-26)36-20-7-5-6-8-21-37-31(34)4-2;8-7-9-5-3-1-2-4-6(5)10-7/h4,7-8,12-13,18-23,26-29H,2-3,5-6,9-11,14-17,24-25H2,1H3,(H,41,42);4,7-8,12-23,26-27H,2-3,5-6,9-11,24-25H2,1H3,(H,41,42);4,10-19,22-23,33H,2-3,5-9,20-21H2,1H3;1-4H,(H2,8,9)/b2*40-27+;;. The van der Waals surface area contributed by atoms with Gasteiger partial charge < -0.3 is 53.8 Å². The number of thiazole rings is 3. The number of aromatic nitrogens is 3. The second kappa shape index (κ2) is 59.0. The number of carbonyl (C=O) groups is 6. The molecule has 11 aromatic carbocycles. The first-order valence-corrected chi connectivity index (χ1v) is 51.6. The highest BCUT2D eigenvalue weighted by atomic mass is 32.1. The van der Waals surface area contributed by atoms with E-state index >= 15 is 0 Å². The lowest BCUT2D eigenvalue weighted by Crippen LogP contribution is -2.14. The molecule has 1 fully saturated rings. The summed E-state index contributed by atoms with van der Waals surface area (Å²) in [6.07, 6.45) is 30.6. The second-order valence-corrected chi connectivity index (χ2v) is 37.3. The number of fused-ring (bicyclic) bond motifs is 3. The van der Waals surface area contributed by atoms with Crippen LogP contribution in [-0.2, 0) is 41.4 Å². The molecular weight excluding hydrogens is 1870 g/mol. The van der Waals surface area contributed by atoms with Crippen LogP contribution in [0.3, 0.4) is 0 Å². The highest BCUT2D eigenvalue weighted by Gasteiger charge is 2.25. The van der Waals surface area contributed by atoms with Gasteiger partial charge in [-0.1, -0.05) is 203 Å². The van der Waals surface area contributed by atoms with E-state index < -0.39 is 29.8 Å². The molecule has 15 rings (SSSR count). The summed E-state index contributed by atoms with van der Waals surface area (Å²) in [5.74, 6) is 2.03. The predicted molar refractivity (Wildman–Crippen MR) is 581 cm³/mol. The molecule has 5 N–H and O–H groups in total. The van der Waals surface area contributed by atoms with E-state index in [1.807, 2.05) is 97.1 Å². The molecule has 0 bridgehead atoms. The molecule has 0 spiro atoms. The van der Waals surface area contributed by atoms with Crippen molar-refractivity contribution in [2.75, 3.05) is 56.2 Å². The van der Waals surface area contributed by atoms with Gasteiger partial charge in [0.15, 0.2) is 5.13 Å². The van der Waals surface area contributed by atoms with Gasteiger partial charge in [-0.05, 0) is 312 Å². The van der Waals surface area contributed by atoms with Crippen molar-refractivity contribution in [3.63, 3.8) is 0 Å². The number of benzene rings is 11. The lowest BCUT2D eigenvalue weighted by atomic mass is 9.77. The molecule has 24 nitrogen and oxygen atoms in total. The molecule has 1 aliphatic carbocycles. The zero-order chi connectivity index (χ0) is 101. The summed E-state index contributed by atoms with van der Waals surface area (Å²) in [5, 5.41) is 18.8. The minimum Gasteiger partial charge on any atom is -0.494 e. The number of unbranched alkanes of at least 4 members (excludes halogenated alkanes) is 9. The first-order valence-electron chi connectivity index (χ1n) is 49.2. The maximum Gasteiger partial charge on any atom is 0.343 e. The third-order valence-corrected chi connectivity index (χ3v) is 26.3. The summed E-state index contributed by atoms with van der Waals surface area (Å²) in [6.45, 7) is 19.6. The molecule has 1 aliphatic rings. The lowest BCUT2D eigenvalue weighted by molar-refractivity contribution is -0.138. The minimum atomic E-state index is -0.482. The molecule has 14 aromatic rings. The summed E-state index contributed by atoms with van der Waals surface area (Å²) < 4.78 is 53.0. The Balaban J connectivity index is 0.000000184. The number of hydrogen-bond acceptors (Lipinski definition) is 27. The van der Waals surface area contributed by atoms with Gasteiger partial charge in [0, 0.05) is 41.1 Å². The average Bonchev–Trinajstić information content (AvgIpc) is 1.15. The van der Waals surface area contributed by atoms with Gasteiger partial charge in [0.1, 0.15) is 34.5 Å². The third kappa shape index (κ3) is 35.3. The monoisotopic (exact) mass is 1990 g/mol. The number of nitrogens with two attached hydrogens (primary N) is 1. The Morgan fingerprint density at radius 1 is 0.396 bits per heavy atom. The van der Waals surface area contributed by atoms with E-state index in [0.717, 1.165) is 173 Å². The molecule has 0 amide bonds. The van der Waals surface area contributed by atoms with Gasteiger partial charge in [-0.2, -0.15) is 10.2 Å². The zero-order valence-corrected chi connectivity index (χ0v) is 84.3. The largest absolute Gasteiger partial charge is 0.494 e. The number of nitrogens with one attached hydrogen (secondary N) is 3. The van der Waals surface area contributed by atoms with Gasteiger partial charge in [0.2, 0.25) is 10.3 Å². The molecule has 1 saturated carbocycles. The Labute approximate surface area is 854 Å². The summed E-state index contributed by atoms with van der Waals surface area (Å²) in [6, 6.07) is 78.6. The quantitative estimate of drug-likeness (QED) is 0.00523. The van der Waals surface area contributed by atoms with Crippen molar-refractivity contribution in [3.05, 3.63) is 337 Å². The normalized spacial score (nSPS) is 12.5. The van der Waals surface area contributed by atoms with Crippen LogP contribution >= 0.6 is 34.0 Å². The fourth-order valence-electron chi connectivity index (χ4n) is 15.9. The Bertz CT molecular complexity index is 6470. The highest BCUT2D eigenvalue weighted by molar-refractivity contribution is 7.22. The van der Waals surface area contributed by atoms with Crippen molar-refractivity contribution in [1.29, 1.82) is 5.41 Å². The zero-order valence-electron chi connectivity index (χ0n) is 81.9. The molecule has 144 heavy (non-hydrogen) atoms. The molecule has 0 aliphatic heterocycles. The number of rotatable bonds is 49. The summed E-state index contributed by atoms with van der Waals surface area (Å²) >= 11 is 4.57. The van der Waals surface area contributed by atoms with Crippen LogP contribution in [0.25, 0.3) is 52.9 Å². The molecule has 3 aromatic heterocycles. The Kier molecular flexibility index (Phi) is 44.2. The number of hydrazone groups is 2. The Morgan fingerprint density at radius 3 is 1.20 bits per heavy atom. The molecule has 3 heterocycles. The third-order valence-electron chi connectivity index (χ3n) is 23.5. The number of aryl methyl sites for hydroxylation is 2. The van der Waals surface area contributed by atoms with Crippen molar-refractivity contribution in [2.24, 2.45) is 16.1 Å². The number of anilines is 3. The Hall–Kier alpha value is -15.1. The molecule has 0 unspecified atom stereocenters. The van der Waals surface area contributed by atoms with E-state index in [4.69, 9.17) is 53.8 Å². The van der Waals surface area contributed by atoms with Crippen LogP contribution in [0.15, 0.2) is 297 Å². The van der Waals surface area contributed by atoms with Crippen molar-refractivity contribution < 1.29 is 71.4 Å². The fourth-order valence-corrected chi connectivity index (χ4v) is 18.3. The van der Waals surface area contributed by atoms with Crippen molar-refractivity contribution in [2.45, 2.75) is 168 Å². The SMILES string of the molecule is C=CC(=O)OCCCCCCOc1ccc(C(=O)Oc2ccc(-c3ccc(CCC)cc3)c(C=N)c2)cc1.C=CC(=O)OCCCCCCOc1ccc(C(=O)Oc2ccc(-c3ccc(CCC)cc3)cc2/C=N/Nc2nc3ccccc3s2)cc1.C=CC(=O)OCCCCCCOc1ccc(C(=O)Oc2ccc(C3CCC(CCC)CC3)cc2/C=N/Nc2nc3ccccc3s2)cc1.Nc1nc2ccccc2s1.